The summed E-state index contributed by atoms with van der Waals surface area (Å²) < 4.78 is 30.9. The van der Waals surface area contributed by atoms with Gasteiger partial charge in [-0.05, 0) is 72.5 Å². The van der Waals surface area contributed by atoms with E-state index in [0.29, 0.717) is 5.69 Å². The molecule has 5 rings (SSSR count). The Hall–Kier alpha value is -3.47. The van der Waals surface area contributed by atoms with Crippen molar-refractivity contribution in [1.82, 2.24) is 10.2 Å². The van der Waals surface area contributed by atoms with Gasteiger partial charge in [0.05, 0.1) is 10.6 Å². The molecule has 0 aliphatic heterocycles. The van der Waals surface area contributed by atoms with Gasteiger partial charge >= 0.3 is 0 Å². The van der Waals surface area contributed by atoms with E-state index in [9.17, 15) is 18.0 Å². The van der Waals surface area contributed by atoms with Gasteiger partial charge in [0.25, 0.3) is 10.0 Å². The molecule has 0 aromatic heterocycles. The second-order valence-corrected chi connectivity index (χ2v) is 15.2. The van der Waals surface area contributed by atoms with E-state index in [2.05, 4.69) is 37.2 Å². The number of hydrogen-bond acceptors (Lipinski definition) is 4. The van der Waals surface area contributed by atoms with Crippen LogP contribution in [0.2, 0.25) is 0 Å². The van der Waals surface area contributed by atoms with Crippen molar-refractivity contribution in [2.24, 2.45) is 0 Å². The van der Waals surface area contributed by atoms with Crippen molar-refractivity contribution < 1.29 is 18.0 Å². The van der Waals surface area contributed by atoms with E-state index in [4.69, 9.17) is 0 Å². The summed E-state index contributed by atoms with van der Waals surface area (Å²) in [6, 6.07) is 31.2. The molecular formula is C36H37Br2N3O4S. The van der Waals surface area contributed by atoms with Gasteiger partial charge < -0.3 is 10.2 Å². The Balaban J connectivity index is 1.55. The van der Waals surface area contributed by atoms with Gasteiger partial charge in [-0.25, -0.2) is 8.42 Å². The lowest BCUT2D eigenvalue weighted by molar-refractivity contribution is -0.140. The Morgan fingerprint density at radius 2 is 1.39 bits per heavy atom. The van der Waals surface area contributed by atoms with E-state index in [1.54, 1.807) is 47.4 Å². The van der Waals surface area contributed by atoms with Gasteiger partial charge in [-0.2, -0.15) is 0 Å². The molecule has 0 spiro atoms. The predicted octanol–water partition coefficient (Wildman–Crippen LogP) is 7.50. The summed E-state index contributed by atoms with van der Waals surface area (Å²) in [6.07, 6.45) is 5.33. The van der Waals surface area contributed by atoms with E-state index in [1.165, 1.54) is 12.1 Å². The van der Waals surface area contributed by atoms with Crippen LogP contribution >= 0.6 is 31.9 Å². The second kappa shape index (κ2) is 15.9. The number of rotatable bonds is 12. The Bertz CT molecular complexity index is 1720. The van der Waals surface area contributed by atoms with Crippen molar-refractivity contribution in [2.75, 3.05) is 10.8 Å². The summed E-state index contributed by atoms with van der Waals surface area (Å²) in [5.41, 5.74) is 2.06. The molecule has 0 heterocycles. The van der Waals surface area contributed by atoms with Crippen LogP contribution in [0.25, 0.3) is 0 Å². The summed E-state index contributed by atoms with van der Waals surface area (Å²) in [4.78, 5) is 30.4. The van der Waals surface area contributed by atoms with Crippen molar-refractivity contribution >= 4 is 59.4 Å². The van der Waals surface area contributed by atoms with E-state index in [1.807, 2.05) is 54.6 Å². The fraction of sp³-hybridized carbons (Fsp3) is 0.278. The van der Waals surface area contributed by atoms with Gasteiger partial charge in [-0.15, -0.1) is 0 Å². The fourth-order valence-electron chi connectivity index (χ4n) is 5.79. The highest BCUT2D eigenvalue weighted by Gasteiger charge is 2.35. The lowest BCUT2D eigenvalue weighted by atomic mass is 9.94. The molecule has 1 aliphatic rings. The molecule has 0 radical (unpaired) electrons. The zero-order valence-electron chi connectivity index (χ0n) is 25.4. The van der Waals surface area contributed by atoms with Crippen LogP contribution < -0.4 is 9.62 Å². The zero-order chi connectivity index (χ0) is 32.5. The number of amides is 2. The fourth-order valence-corrected chi connectivity index (χ4v) is 7.93. The normalized spacial score (nSPS) is 14.3. The highest BCUT2D eigenvalue weighted by Crippen LogP contribution is 2.27. The van der Waals surface area contributed by atoms with Crippen molar-refractivity contribution in [3.8, 4) is 0 Å². The molecule has 1 saturated carbocycles. The first-order valence-electron chi connectivity index (χ1n) is 15.4. The molecule has 1 aliphatic carbocycles. The summed E-state index contributed by atoms with van der Waals surface area (Å²) in [5.74, 6) is -0.720. The van der Waals surface area contributed by atoms with E-state index >= 15 is 0 Å². The maximum Gasteiger partial charge on any atom is 0.264 e. The van der Waals surface area contributed by atoms with Crippen molar-refractivity contribution in [3.63, 3.8) is 0 Å². The van der Waals surface area contributed by atoms with Crippen molar-refractivity contribution in [2.45, 2.75) is 62.0 Å². The molecule has 10 heteroatoms. The first-order chi connectivity index (χ1) is 22.2. The van der Waals surface area contributed by atoms with Crippen LogP contribution in [0.1, 0.15) is 43.2 Å². The number of nitrogens with zero attached hydrogens (tertiary/aromatic N) is 2. The SMILES string of the molecule is O=C(NC1CCCCC1)[C@@H](Cc1ccccc1)N(Cc1cccc(Br)c1)C(=O)CN(c1ccc(Br)cc1)S(=O)(=O)c1ccccc1. The lowest BCUT2D eigenvalue weighted by Gasteiger charge is -2.35. The number of anilines is 1. The molecule has 0 bridgehead atoms. The Kier molecular flexibility index (Phi) is 11.7. The highest BCUT2D eigenvalue weighted by molar-refractivity contribution is 9.10. The molecular weight excluding hydrogens is 730 g/mol. The third kappa shape index (κ3) is 8.86. The van der Waals surface area contributed by atoms with Gasteiger partial charge in [0.1, 0.15) is 12.6 Å². The summed E-state index contributed by atoms with van der Waals surface area (Å²) >= 11 is 6.95. The average molecular weight is 768 g/mol. The molecule has 1 fully saturated rings. The van der Waals surface area contributed by atoms with Crippen LogP contribution in [0, 0.1) is 0 Å². The Morgan fingerprint density at radius 1 is 0.761 bits per heavy atom. The van der Waals surface area contributed by atoms with Crippen LogP contribution in [-0.4, -0.2) is 43.8 Å². The van der Waals surface area contributed by atoms with Crippen molar-refractivity contribution in [3.05, 3.63) is 129 Å². The largest absolute Gasteiger partial charge is 0.352 e. The minimum atomic E-state index is -4.14. The molecule has 7 nitrogen and oxygen atoms in total. The molecule has 240 valence electrons. The van der Waals surface area contributed by atoms with Crippen molar-refractivity contribution in [1.29, 1.82) is 0 Å². The van der Waals surface area contributed by atoms with Crippen LogP contribution in [0.5, 0.6) is 0 Å². The number of sulfonamides is 1. The minimum Gasteiger partial charge on any atom is -0.352 e. The lowest BCUT2D eigenvalue weighted by Crippen LogP contribution is -2.55. The van der Waals surface area contributed by atoms with E-state index < -0.39 is 28.5 Å². The number of hydrogen-bond donors (Lipinski definition) is 1. The van der Waals surface area contributed by atoms with Gasteiger partial charge in [-0.3, -0.25) is 13.9 Å². The van der Waals surface area contributed by atoms with E-state index in [0.717, 1.165) is 56.5 Å². The highest BCUT2D eigenvalue weighted by atomic mass is 79.9. The van der Waals surface area contributed by atoms with Crippen LogP contribution in [0.15, 0.2) is 123 Å². The third-order valence-corrected chi connectivity index (χ3v) is 11.0. The van der Waals surface area contributed by atoms with Crippen LogP contribution in [0.4, 0.5) is 5.69 Å². The number of carbonyl (C=O) groups excluding carboxylic acids is 2. The molecule has 0 saturated heterocycles. The van der Waals surface area contributed by atoms with E-state index in [-0.39, 0.29) is 29.8 Å². The Morgan fingerprint density at radius 3 is 2.04 bits per heavy atom. The summed E-state index contributed by atoms with van der Waals surface area (Å²) in [7, 11) is -4.14. The summed E-state index contributed by atoms with van der Waals surface area (Å²) in [6.45, 7) is -0.373. The average Bonchev–Trinajstić information content (AvgIpc) is 3.07. The molecule has 2 amide bonds. The van der Waals surface area contributed by atoms with Crippen LogP contribution in [0.3, 0.4) is 0 Å². The number of nitrogens with one attached hydrogen (secondary N) is 1. The maximum atomic E-state index is 14.6. The number of halogens is 2. The Labute approximate surface area is 288 Å². The predicted molar refractivity (Wildman–Crippen MR) is 189 cm³/mol. The van der Waals surface area contributed by atoms with Gasteiger partial charge in [0.2, 0.25) is 11.8 Å². The topological polar surface area (TPSA) is 86.8 Å². The molecule has 4 aromatic rings. The molecule has 46 heavy (non-hydrogen) atoms. The quantitative estimate of drug-likeness (QED) is 0.162. The third-order valence-electron chi connectivity index (χ3n) is 8.19. The van der Waals surface area contributed by atoms with Gasteiger partial charge in [-0.1, -0.05) is 112 Å². The smallest absolute Gasteiger partial charge is 0.264 e. The van der Waals surface area contributed by atoms with Crippen LogP contribution in [-0.2, 0) is 32.6 Å². The van der Waals surface area contributed by atoms with Gasteiger partial charge in [0, 0.05) is 28.0 Å². The first-order valence-corrected chi connectivity index (χ1v) is 18.4. The monoisotopic (exact) mass is 765 g/mol. The molecule has 4 aromatic carbocycles. The number of benzene rings is 4. The summed E-state index contributed by atoms with van der Waals surface area (Å²) in [5, 5.41) is 3.24. The van der Waals surface area contributed by atoms with Gasteiger partial charge in [0.15, 0.2) is 0 Å². The minimum absolute atomic E-state index is 0.0417. The second-order valence-electron chi connectivity index (χ2n) is 11.5. The standard InChI is InChI=1S/C36H37Br2N3O4S/c37-29-19-21-32(22-20-29)41(46(44,45)33-17-8-3-9-18-33)26-35(42)40(25-28-13-10-14-30(38)23-28)34(24-27-11-4-1-5-12-27)36(43)39-31-15-6-2-7-16-31/h1,3-5,8-14,17-23,31,34H,2,6-7,15-16,24-26H2,(H,39,43)/t34-/m1/s1. The molecule has 1 N–H and O–H groups in total. The zero-order valence-corrected chi connectivity index (χ0v) is 29.4. The maximum absolute atomic E-state index is 14.6. The molecule has 1 atom stereocenters. The first kappa shape index (κ1) is 33.9. The molecule has 0 unspecified atom stereocenters. The number of carbonyl (C=O) groups is 2.